The Morgan fingerprint density at radius 3 is 2.23 bits per heavy atom. The quantitative estimate of drug-likeness (QED) is 0.358. The van der Waals surface area contributed by atoms with Crippen LogP contribution in [0.1, 0.15) is 50.2 Å². The smallest absolute Gasteiger partial charge is 0.237 e. The third-order valence-corrected chi connectivity index (χ3v) is 7.01. The Labute approximate surface area is 206 Å². The number of hydrogen-bond acceptors (Lipinski definition) is 6. The third kappa shape index (κ3) is 4.40. The second-order valence-corrected chi connectivity index (χ2v) is 9.62. The molecule has 5 rings (SSSR count). The van der Waals surface area contributed by atoms with Gasteiger partial charge < -0.3 is 9.88 Å². The van der Waals surface area contributed by atoms with E-state index in [1.165, 1.54) is 11.8 Å². The number of fused-ring (bicyclic) bond motifs is 2. The molecule has 35 heavy (non-hydrogen) atoms. The monoisotopic (exact) mass is 482 g/mol. The fraction of sp³-hybridized carbons (Fsp3) is 0.148. The molecule has 3 aromatic carbocycles. The summed E-state index contributed by atoms with van der Waals surface area (Å²) in [6.45, 7) is 4.29. The van der Waals surface area contributed by atoms with E-state index in [9.17, 15) is 14.4 Å². The number of anilines is 1. The number of benzene rings is 3. The minimum atomic E-state index is -0.470. The number of hydrogen-bond donors (Lipinski definition) is 1. The number of amides is 1. The first-order chi connectivity index (χ1) is 16.9. The maximum Gasteiger partial charge on any atom is 0.237 e. The zero-order valence-electron chi connectivity index (χ0n) is 19.2. The molecule has 0 bridgehead atoms. The SMILES string of the molecule is Cc1nnc(SC(C)C(=O)Nc2ccc3c(c2)C(=O)c2ccccc2C3=O)n1Cc1ccccc1. The van der Waals surface area contributed by atoms with E-state index in [0.717, 1.165) is 11.4 Å². The van der Waals surface area contributed by atoms with E-state index in [-0.39, 0.29) is 17.5 Å². The normalized spacial score (nSPS) is 13.2. The van der Waals surface area contributed by atoms with Gasteiger partial charge in [0.1, 0.15) is 5.82 Å². The Bertz CT molecular complexity index is 1460. The number of rotatable bonds is 6. The van der Waals surface area contributed by atoms with E-state index >= 15 is 0 Å². The van der Waals surface area contributed by atoms with Gasteiger partial charge in [-0.1, -0.05) is 66.4 Å². The fourth-order valence-electron chi connectivity index (χ4n) is 4.03. The van der Waals surface area contributed by atoms with Crippen LogP contribution < -0.4 is 5.32 Å². The summed E-state index contributed by atoms with van der Waals surface area (Å²) in [6, 6.07) is 21.6. The van der Waals surface area contributed by atoms with Gasteiger partial charge in [0.15, 0.2) is 16.7 Å². The molecule has 1 atom stereocenters. The molecular formula is C27H22N4O3S. The molecule has 1 unspecified atom stereocenters. The van der Waals surface area contributed by atoms with Gasteiger partial charge in [0.25, 0.3) is 0 Å². The van der Waals surface area contributed by atoms with Crippen molar-refractivity contribution < 1.29 is 14.4 Å². The Hall–Kier alpha value is -4.04. The zero-order valence-corrected chi connectivity index (χ0v) is 20.0. The van der Waals surface area contributed by atoms with E-state index in [2.05, 4.69) is 15.5 Å². The lowest BCUT2D eigenvalue weighted by atomic mass is 9.84. The molecule has 0 saturated heterocycles. The molecule has 1 aromatic heterocycles. The molecule has 1 amide bonds. The molecule has 1 N–H and O–H groups in total. The van der Waals surface area contributed by atoms with Gasteiger partial charge in [-0.2, -0.15) is 0 Å². The van der Waals surface area contributed by atoms with Gasteiger partial charge in [-0.15, -0.1) is 10.2 Å². The highest BCUT2D eigenvalue weighted by molar-refractivity contribution is 8.00. The van der Waals surface area contributed by atoms with Crippen molar-refractivity contribution in [2.24, 2.45) is 0 Å². The van der Waals surface area contributed by atoms with E-state index < -0.39 is 5.25 Å². The van der Waals surface area contributed by atoms with Crippen molar-refractivity contribution in [2.75, 3.05) is 5.32 Å². The lowest BCUT2D eigenvalue weighted by Gasteiger charge is -2.19. The molecule has 1 aliphatic carbocycles. The van der Waals surface area contributed by atoms with Gasteiger partial charge in [0, 0.05) is 27.9 Å². The largest absolute Gasteiger partial charge is 0.325 e. The first-order valence-electron chi connectivity index (χ1n) is 11.2. The van der Waals surface area contributed by atoms with Crippen LogP contribution >= 0.6 is 11.8 Å². The summed E-state index contributed by atoms with van der Waals surface area (Å²) in [5.74, 6) is 0.113. The average molecular weight is 483 g/mol. The third-order valence-electron chi connectivity index (χ3n) is 5.93. The molecule has 1 aliphatic rings. The molecule has 7 nitrogen and oxygen atoms in total. The molecule has 0 spiro atoms. The van der Waals surface area contributed by atoms with E-state index in [1.54, 1.807) is 49.4 Å². The van der Waals surface area contributed by atoms with Crippen LogP contribution in [0.2, 0.25) is 0 Å². The van der Waals surface area contributed by atoms with Crippen molar-refractivity contribution in [3.05, 3.63) is 106 Å². The van der Waals surface area contributed by atoms with Gasteiger partial charge in [-0.25, -0.2) is 0 Å². The second-order valence-electron chi connectivity index (χ2n) is 8.32. The molecule has 8 heteroatoms. The number of carbonyl (C=O) groups excluding carboxylic acids is 3. The van der Waals surface area contributed by atoms with E-state index in [0.29, 0.717) is 39.6 Å². The van der Waals surface area contributed by atoms with Gasteiger partial charge in [-0.3, -0.25) is 14.4 Å². The number of aryl methyl sites for hydroxylation is 1. The maximum atomic E-state index is 13.0. The Morgan fingerprint density at radius 1 is 0.886 bits per heavy atom. The van der Waals surface area contributed by atoms with Gasteiger partial charge in [-0.05, 0) is 37.6 Å². The second kappa shape index (κ2) is 9.31. The summed E-state index contributed by atoms with van der Waals surface area (Å²) in [5.41, 5.74) is 3.00. The van der Waals surface area contributed by atoms with Crippen molar-refractivity contribution >= 4 is 34.9 Å². The van der Waals surface area contributed by atoms with Crippen LogP contribution in [0.5, 0.6) is 0 Å². The van der Waals surface area contributed by atoms with E-state index in [4.69, 9.17) is 0 Å². The van der Waals surface area contributed by atoms with Crippen molar-refractivity contribution in [1.29, 1.82) is 0 Å². The summed E-state index contributed by atoms with van der Waals surface area (Å²) < 4.78 is 1.98. The van der Waals surface area contributed by atoms with Crippen LogP contribution in [0, 0.1) is 6.92 Å². The fourth-order valence-corrected chi connectivity index (χ4v) is 4.92. The minimum absolute atomic E-state index is 0.190. The number of thioether (sulfide) groups is 1. The van der Waals surface area contributed by atoms with Gasteiger partial charge >= 0.3 is 0 Å². The minimum Gasteiger partial charge on any atom is -0.325 e. The topological polar surface area (TPSA) is 94.0 Å². The number of aromatic nitrogens is 3. The number of nitrogens with zero attached hydrogens (tertiary/aromatic N) is 3. The summed E-state index contributed by atoms with van der Waals surface area (Å²) in [5, 5.41) is 11.5. The molecule has 0 saturated carbocycles. The Kier molecular flexibility index (Phi) is 6.05. The van der Waals surface area contributed by atoms with Crippen LogP contribution in [-0.2, 0) is 11.3 Å². The van der Waals surface area contributed by atoms with Crippen LogP contribution in [0.25, 0.3) is 0 Å². The van der Waals surface area contributed by atoms with Crippen LogP contribution in [0.4, 0.5) is 5.69 Å². The summed E-state index contributed by atoms with van der Waals surface area (Å²) in [6.07, 6.45) is 0. The predicted octanol–water partition coefficient (Wildman–Crippen LogP) is 4.53. The summed E-state index contributed by atoms with van der Waals surface area (Å²) >= 11 is 1.31. The van der Waals surface area contributed by atoms with Gasteiger partial charge in [0.2, 0.25) is 5.91 Å². The molecule has 0 radical (unpaired) electrons. The number of carbonyl (C=O) groups is 3. The highest BCUT2D eigenvalue weighted by Crippen LogP contribution is 2.30. The lowest BCUT2D eigenvalue weighted by Crippen LogP contribution is -2.24. The molecule has 4 aromatic rings. The van der Waals surface area contributed by atoms with Crippen molar-refractivity contribution in [2.45, 2.75) is 30.8 Å². The number of ketones is 2. The van der Waals surface area contributed by atoms with E-state index in [1.807, 2.05) is 41.8 Å². The highest BCUT2D eigenvalue weighted by Gasteiger charge is 2.29. The Balaban J connectivity index is 1.31. The lowest BCUT2D eigenvalue weighted by molar-refractivity contribution is -0.115. The molecule has 174 valence electrons. The first-order valence-corrected chi connectivity index (χ1v) is 12.0. The zero-order chi connectivity index (χ0) is 24.5. The molecular weight excluding hydrogens is 460 g/mol. The standard InChI is InChI=1S/C27H22N4O3S/c1-16(35-27-30-29-17(2)31(27)15-18-8-4-3-5-9-18)26(34)28-19-12-13-22-23(14-19)25(33)21-11-7-6-10-20(21)24(22)32/h3-14,16H,15H2,1-2H3,(H,28,34). The molecule has 0 aliphatic heterocycles. The van der Waals surface area contributed by atoms with Crippen LogP contribution in [0.15, 0.2) is 78.0 Å². The van der Waals surface area contributed by atoms with Crippen molar-refractivity contribution in [3.8, 4) is 0 Å². The maximum absolute atomic E-state index is 13.0. The Morgan fingerprint density at radius 2 is 1.51 bits per heavy atom. The highest BCUT2D eigenvalue weighted by atomic mass is 32.2. The predicted molar refractivity (Wildman–Crippen MR) is 134 cm³/mol. The first kappa shape index (κ1) is 22.7. The van der Waals surface area contributed by atoms with Crippen molar-refractivity contribution in [3.63, 3.8) is 0 Å². The average Bonchev–Trinajstić information content (AvgIpc) is 3.21. The summed E-state index contributed by atoms with van der Waals surface area (Å²) in [7, 11) is 0. The molecule has 0 fully saturated rings. The number of nitrogens with one attached hydrogen (secondary N) is 1. The van der Waals surface area contributed by atoms with Gasteiger partial charge in [0.05, 0.1) is 11.8 Å². The molecule has 1 heterocycles. The van der Waals surface area contributed by atoms with Crippen LogP contribution in [-0.4, -0.2) is 37.5 Å². The van der Waals surface area contributed by atoms with Crippen LogP contribution in [0.3, 0.4) is 0 Å². The van der Waals surface area contributed by atoms with Crippen molar-refractivity contribution in [1.82, 2.24) is 14.8 Å². The summed E-state index contributed by atoms with van der Waals surface area (Å²) in [4.78, 5) is 38.7.